The summed E-state index contributed by atoms with van der Waals surface area (Å²) >= 11 is 0. The van der Waals surface area contributed by atoms with Gasteiger partial charge in [0.05, 0.1) is 12.5 Å². The Hall–Kier alpha value is -2.21. The smallest absolute Gasteiger partial charge is 0.227 e. The molecular formula is C20H29N5O. The fourth-order valence-corrected chi connectivity index (χ4v) is 3.54. The highest BCUT2D eigenvalue weighted by Crippen LogP contribution is 2.14. The van der Waals surface area contributed by atoms with E-state index in [4.69, 9.17) is 0 Å². The third kappa shape index (κ3) is 4.30. The molecule has 0 spiro atoms. The number of nitrogens with zero attached hydrogens (tertiary/aromatic N) is 5. The SMILES string of the molecule is Cc1nc(C)n(CC(C)C(=O)N2CCN(Cc3ccccc3C)CC2)n1. The molecule has 0 saturated carbocycles. The lowest BCUT2D eigenvalue weighted by atomic mass is 10.1. The predicted molar refractivity (Wildman–Crippen MR) is 102 cm³/mol. The number of aryl methyl sites for hydroxylation is 3. The van der Waals surface area contributed by atoms with E-state index in [1.807, 2.05) is 30.4 Å². The lowest BCUT2D eigenvalue weighted by molar-refractivity contribution is -0.137. The van der Waals surface area contributed by atoms with Crippen molar-refractivity contribution < 1.29 is 4.79 Å². The topological polar surface area (TPSA) is 54.3 Å². The van der Waals surface area contributed by atoms with Gasteiger partial charge in [0.15, 0.2) is 0 Å². The summed E-state index contributed by atoms with van der Waals surface area (Å²) in [4.78, 5) is 21.5. The zero-order chi connectivity index (χ0) is 18.7. The van der Waals surface area contributed by atoms with Crippen molar-refractivity contribution in [1.29, 1.82) is 0 Å². The number of piperazine rings is 1. The molecule has 1 unspecified atom stereocenters. The molecule has 1 atom stereocenters. The minimum atomic E-state index is -0.0854. The van der Waals surface area contributed by atoms with Crippen LogP contribution in [0.3, 0.4) is 0 Å². The molecule has 0 aliphatic carbocycles. The van der Waals surface area contributed by atoms with Crippen LogP contribution in [0, 0.1) is 26.7 Å². The van der Waals surface area contributed by atoms with Crippen molar-refractivity contribution in [2.75, 3.05) is 26.2 Å². The van der Waals surface area contributed by atoms with Gasteiger partial charge >= 0.3 is 0 Å². The van der Waals surface area contributed by atoms with Crippen LogP contribution in [0.2, 0.25) is 0 Å². The van der Waals surface area contributed by atoms with E-state index in [9.17, 15) is 4.79 Å². The summed E-state index contributed by atoms with van der Waals surface area (Å²) in [6, 6.07) is 8.52. The van der Waals surface area contributed by atoms with Crippen molar-refractivity contribution in [3.05, 3.63) is 47.0 Å². The minimum Gasteiger partial charge on any atom is -0.340 e. The molecule has 0 N–H and O–H groups in total. The number of aromatic nitrogens is 3. The second kappa shape index (κ2) is 7.99. The number of hydrogen-bond donors (Lipinski definition) is 0. The Bertz CT molecular complexity index is 761. The van der Waals surface area contributed by atoms with Crippen molar-refractivity contribution >= 4 is 5.91 Å². The Morgan fingerprint density at radius 3 is 2.42 bits per heavy atom. The maximum Gasteiger partial charge on any atom is 0.227 e. The molecule has 2 aromatic rings. The monoisotopic (exact) mass is 355 g/mol. The minimum absolute atomic E-state index is 0.0854. The molecule has 3 rings (SSSR count). The van der Waals surface area contributed by atoms with Gasteiger partial charge in [0.25, 0.3) is 0 Å². The summed E-state index contributed by atoms with van der Waals surface area (Å²) in [5.41, 5.74) is 2.70. The van der Waals surface area contributed by atoms with Crippen LogP contribution in [0.25, 0.3) is 0 Å². The lowest BCUT2D eigenvalue weighted by Crippen LogP contribution is -2.50. The number of benzene rings is 1. The van der Waals surface area contributed by atoms with Crippen LogP contribution in [0.15, 0.2) is 24.3 Å². The highest BCUT2D eigenvalue weighted by Gasteiger charge is 2.25. The van der Waals surface area contributed by atoms with Crippen LogP contribution in [-0.4, -0.2) is 56.7 Å². The fraction of sp³-hybridized carbons (Fsp3) is 0.550. The predicted octanol–water partition coefficient (Wildman–Crippen LogP) is 2.18. The molecule has 1 amide bonds. The molecule has 6 heteroatoms. The third-order valence-corrected chi connectivity index (χ3v) is 5.17. The molecule has 1 aliphatic heterocycles. The van der Waals surface area contributed by atoms with E-state index in [0.717, 1.165) is 44.4 Å². The van der Waals surface area contributed by atoms with Crippen LogP contribution in [0.4, 0.5) is 0 Å². The number of amides is 1. The normalized spacial score (nSPS) is 16.7. The molecule has 0 radical (unpaired) electrons. The fourth-order valence-electron chi connectivity index (χ4n) is 3.54. The van der Waals surface area contributed by atoms with Gasteiger partial charge in [-0.15, -0.1) is 0 Å². The van der Waals surface area contributed by atoms with Crippen LogP contribution >= 0.6 is 0 Å². The van der Waals surface area contributed by atoms with Crippen molar-refractivity contribution in [2.45, 2.75) is 40.8 Å². The van der Waals surface area contributed by atoms with Gasteiger partial charge in [-0.1, -0.05) is 31.2 Å². The standard InChI is InChI=1S/C20H29N5O/c1-15-7-5-6-8-19(15)14-23-9-11-24(12-10-23)20(26)16(2)13-25-18(4)21-17(3)22-25/h5-8,16H,9-14H2,1-4H3. The van der Waals surface area contributed by atoms with E-state index < -0.39 is 0 Å². The zero-order valence-corrected chi connectivity index (χ0v) is 16.3. The summed E-state index contributed by atoms with van der Waals surface area (Å²) in [7, 11) is 0. The van der Waals surface area contributed by atoms with E-state index >= 15 is 0 Å². The Balaban J connectivity index is 1.51. The first-order valence-corrected chi connectivity index (χ1v) is 9.37. The molecule has 1 aliphatic rings. The van der Waals surface area contributed by atoms with Gasteiger partial charge in [0.2, 0.25) is 5.91 Å². The van der Waals surface area contributed by atoms with Gasteiger partial charge in [0, 0.05) is 32.7 Å². The maximum atomic E-state index is 12.8. The second-order valence-electron chi connectivity index (χ2n) is 7.32. The van der Waals surface area contributed by atoms with Crippen LogP contribution in [-0.2, 0) is 17.9 Å². The van der Waals surface area contributed by atoms with Gasteiger partial charge < -0.3 is 4.90 Å². The largest absolute Gasteiger partial charge is 0.340 e. The summed E-state index contributed by atoms with van der Waals surface area (Å²) < 4.78 is 1.84. The summed E-state index contributed by atoms with van der Waals surface area (Å²) in [5.74, 6) is 1.75. The van der Waals surface area contributed by atoms with Gasteiger partial charge in [0.1, 0.15) is 11.6 Å². The maximum absolute atomic E-state index is 12.8. The Labute approximate surface area is 155 Å². The number of carbonyl (C=O) groups is 1. The Kier molecular flexibility index (Phi) is 5.71. The van der Waals surface area contributed by atoms with Crippen LogP contribution < -0.4 is 0 Å². The van der Waals surface area contributed by atoms with Gasteiger partial charge in [-0.2, -0.15) is 5.10 Å². The summed E-state index contributed by atoms with van der Waals surface area (Å²) in [6.45, 7) is 12.9. The highest BCUT2D eigenvalue weighted by molar-refractivity contribution is 5.78. The highest BCUT2D eigenvalue weighted by atomic mass is 16.2. The van der Waals surface area contributed by atoms with Crippen molar-refractivity contribution in [1.82, 2.24) is 24.6 Å². The van der Waals surface area contributed by atoms with E-state index in [2.05, 4.69) is 46.2 Å². The first-order valence-electron chi connectivity index (χ1n) is 9.37. The molecule has 140 valence electrons. The number of hydrogen-bond acceptors (Lipinski definition) is 4. The van der Waals surface area contributed by atoms with Gasteiger partial charge in [-0.3, -0.25) is 9.69 Å². The van der Waals surface area contributed by atoms with Crippen molar-refractivity contribution in [2.24, 2.45) is 5.92 Å². The Morgan fingerprint density at radius 2 is 1.81 bits per heavy atom. The van der Waals surface area contributed by atoms with E-state index in [0.29, 0.717) is 6.54 Å². The quantitative estimate of drug-likeness (QED) is 0.825. The number of carbonyl (C=O) groups excluding carboxylic acids is 1. The summed E-state index contributed by atoms with van der Waals surface area (Å²) in [6.07, 6.45) is 0. The summed E-state index contributed by atoms with van der Waals surface area (Å²) in [5, 5.41) is 4.37. The van der Waals surface area contributed by atoms with Crippen molar-refractivity contribution in [3.63, 3.8) is 0 Å². The average molecular weight is 355 g/mol. The Morgan fingerprint density at radius 1 is 1.12 bits per heavy atom. The molecule has 2 heterocycles. The average Bonchev–Trinajstić information content (AvgIpc) is 2.94. The van der Waals surface area contributed by atoms with E-state index in [1.54, 1.807) is 0 Å². The molecule has 1 saturated heterocycles. The van der Waals surface area contributed by atoms with Gasteiger partial charge in [-0.25, -0.2) is 9.67 Å². The van der Waals surface area contributed by atoms with Gasteiger partial charge in [-0.05, 0) is 31.9 Å². The number of rotatable bonds is 5. The molecular weight excluding hydrogens is 326 g/mol. The van der Waals surface area contributed by atoms with Crippen LogP contribution in [0.1, 0.15) is 29.7 Å². The van der Waals surface area contributed by atoms with E-state index in [-0.39, 0.29) is 11.8 Å². The molecule has 1 aromatic heterocycles. The zero-order valence-electron chi connectivity index (χ0n) is 16.3. The molecule has 1 fully saturated rings. The molecule has 0 bridgehead atoms. The van der Waals surface area contributed by atoms with Crippen LogP contribution in [0.5, 0.6) is 0 Å². The molecule has 26 heavy (non-hydrogen) atoms. The molecule has 1 aromatic carbocycles. The third-order valence-electron chi connectivity index (χ3n) is 5.17. The first-order chi connectivity index (χ1) is 12.4. The molecule has 6 nitrogen and oxygen atoms in total. The lowest BCUT2D eigenvalue weighted by Gasteiger charge is -2.36. The first kappa shape index (κ1) is 18.6. The van der Waals surface area contributed by atoms with E-state index in [1.165, 1.54) is 11.1 Å². The second-order valence-corrected chi connectivity index (χ2v) is 7.32. The van der Waals surface area contributed by atoms with Crippen molar-refractivity contribution in [3.8, 4) is 0 Å².